The highest BCUT2D eigenvalue weighted by atomic mass is 35.5. The molecule has 19 heteroatoms. The lowest BCUT2D eigenvalue weighted by Gasteiger charge is -2.17. The van der Waals surface area contributed by atoms with Crippen LogP contribution >= 0.6 is 81.2 Å². The standard InChI is InChI=1S/C25H17Cl4NO5.C11H9NO2.C10H4Cl3NO2/c1-11(2)25(33)35-10-4-9-34-14-6-3-5-12-7-8-13(30-22(12)14)15-23(31)16-17(24(15)32)19(27)21(29)20(28)18(16)26;13-10-6-7-11(14)12(10)8-9-4-2-1-3-5-9;11-5-3-6(12)10(7(13)4-5)14-8(15)1-2-9(14)16/h3,5-8,15H,1,4,9-10H2,2H3;1-7H,8H2;1-4H. The number of imide groups is 2. The number of halogens is 7. The Hall–Kier alpha value is -5.57. The van der Waals surface area contributed by atoms with E-state index in [2.05, 4.69) is 11.6 Å². The predicted octanol–water partition coefficient (Wildman–Crippen LogP) is 11.1. The van der Waals surface area contributed by atoms with Gasteiger partial charge in [-0.25, -0.2) is 14.7 Å². The van der Waals surface area contributed by atoms with Crippen LogP contribution in [0.5, 0.6) is 5.75 Å². The fourth-order valence-electron chi connectivity index (χ4n) is 6.43. The number of rotatable bonds is 10. The summed E-state index contributed by atoms with van der Waals surface area (Å²) in [5, 5.41) is 0.988. The maximum atomic E-state index is 13.2. The van der Waals surface area contributed by atoms with Crippen molar-refractivity contribution in [3.8, 4) is 5.75 Å². The Morgan fingerprint density at radius 3 is 1.78 bits per heavy atom. The van der Waals surface area contributed by atoms with Crippen molar-refractivity contribution in [1.82, 2.24) is 9.88 Å². The zero-order valence-corrected chi connectivity index (χ0v) is 38.8. The number of Topliss-reactive ketones (excluding diaryl/α,β-unsaturated/α-hetero) is 2. The molecule has 1 aliphatic carbocycles. The van der Waals surface area contributed by atoms with Gasteiger partial charge >= 0.3 is 5.97 Å². The van der Waals surface area contributed by atoms with Crippen molar-refractivity contribution in [3.05, 3.63) is 167 Å². The zero-order chi connectivity index (χ0) is 47.3. The van der Waals surface area contributed by atoms with Gasteiger partial charge in [-0.1, -0.05) is 136 Å². The molecule has 332 valence electrons. The minimum absolute atomic E-state index is 0.0585. The first-order chi connectivity index (χ1) is 30.9. The summed E-state index contributed by atoms with van der Waals surface area (Å²) in [6.45, 7) is 5.88. The normalized spacial score (nSPS) is 14.2. The van der Waals surface area contributed by atoms with Crippen LogP contribution in [-0.2, 0) is 35.3 Å². The summed E-state index contributed by atoms with van der Waals surface area (Å²) >= 11 is 42.2. The molecular formula is C46H30Cl7N3O9. The van der Waals surface area contributed by atoms with Crippen molar-refractivity contribution in [2.75, 3.05) is 18.1 Å². The maximum Gasteiger partial charge on any atom is 0.333 e. The van der Waals surface area contributed by atoms with E-state index in [9.17, 15) is 33.6 Å². The molecule has 0 spiro atoms. The highest BCUT2D eigenvalue weighted by molar-refractivity contribution is 6.56. The Balaban J connectivity index is 0.000000191. The molecule has 12 nitrogen and oxygen atoms in total. The summed E-state index contributed by atoms with van der Waals surface area (Å²) in [5.74, 6) is -3.79. The topological polar surface area (TPSA) is 157 Å². The van der Waals surface area contributed by atoms with Crippen LogP contribution in [0.2, 0.25) is 35.2 Å². The Morgan fingerprint density at radius 2 is 1.23 bits per heavy atom. The minimum atomic E-state index is -1.24. The smallest absolute Gasteiger partial charge is 0.333 e. The van der Waals surface area contributed by atoms with Gasteiger partial charge in [-0.05, 0) is 36.8 Å². The number of benzene rings is 4. The van der Waals surface area contributed by atoms with Gasteiger partial charge in [-0.3, -0.25) is 33.7 Å². The average molecular weight is 1020 g/mol. The van der Waals surface area contributed by atoms with Crippen molar-refractivity contribution in [3.63, 3.8) is 0 Å². The lowest BCUT2D eigenvalue weighted by atomic mass is 9.98. The molecule has 0 unspecified atom stereocenters. The molecule has 0 bridgehead atoms. The van der Waals surface area contributed by atoms with Crippen molar-refractivity contribution in [2.24, 2.45) is 0 Å². The van der Waals surface area contributed by atoms with Crippen LogP contribution in [0.4, 0.5) is 5.69 Å². The number of fused-ring (bicyclic) bond motifs is 2. The zero-order valence-electron chi connectivity index (χ0n) is 33.5. The largest absolute Gasteiger partial charge is 0.491 e. The van der Waals surface area contributed by atoms with E-state index < -0.39 is 35.3 Å². The molecule has 3 aliphatic rings. The van der Waals surface area contributed by atoms with Crippen LogP contribution in [0.25, 0.3) is 10.9 Å². The molecule has 3 heterocycles. The Bertz CT molecular complexity index is 2800. The maximum absolute atomic E-state index is 13.2. The fraction of sp³-hybridized carbons (Fsp3) is 0.130. The summed E-state index contributed by atoms with van der Waals surface area (Å²) in [7, 11) is 0. The third-order valence-corrected chi connectivity index (χ3v) is 12.1. The predicted molar refractivity (Wildman–Crippen MR) is 250 cm³/mol. The number of hydrogen-bond acceptors (Lipinski definition) is 10. The molecule has 0 radical (unpaired) electrons. The van der Waals surface area contributed by atoms with Crippen LogP contribution in [0, 0.1) is 0 Å². The highest BCUT2D eigenvalue weighted by Crippen LogP contribution is 2.48. The number of esters is 1. The molecule has 8 rings (SSSR count). The van der Waals surface area contributed by atoms with Gasteiger partial charge in [0.05, 0.1) is 72.4 Å². The van der Waals surface area contributed by atoms with Crippen LogP contribution in [-0.4, -0.2) is 64.3 Å². The molecule has 2 aliphatic heterocycles. The van der Waals surface area contributed by atoms with Gasteiger partial charge in [0.1, 0.15) is 17.2 Å². The molecule has 1 aromatic heterocycles. The van der Waals surface area contributed by atoms with Crippen LogP contribution in [0.1, 0.15) is 51.2 Å². The van der Waals surface area contributed by atoms with Gasteiger partial charge in [0.2, 0.25) is 0 Å². The number of amides is 4. The molecule has 0 fully saturated rings. The highest BCUT2D eigenvalue weighted by Gasteiger charge is 2.45. The Kier molecular flexibility index (Phi) is 15.9. The summed E-state index contributed by atoms with van der Waals surface area (Å²) in [6, 6.07) is 21.0. The lowest BCUT2D eigenvalue weighted by Crippen LogP contribution is -2.30. The molecule has 0 saturated carbocycles. The van der Waals surface area contributed by atoms with E-state index >= 15 is 0 Å². The van der Waals surface area contributed by atoms with Crippen LogP contribution in [0.15, 0.2) is 109 Å². The Morgan fingerprint density at radius 1 is 0.677 bits per heavy atom. The number of pyridine rings is 1. The van der Waals surface area contributed by atoms with Gasteiger partial charge in [0.25, 0.3) is 23.6 Å². The first-order valence-electron chi connectivity index (χ1n) is 19.0. The SMILES string of the molecule is C=C(C)C(=O)OCCCOc1cccc2ccc(C3C(=O)c4c(Cl)c(Cl)c(Cl)c(Cl)c4C3=O)nc12.O=C1C=CC(=O)N1Cc1ccccc1.O=C1C=CC(=O)N1c1c(Cl)cc(Cl)cc1Cl. The molecule has 0 saturated heterocycles. The van der Waals surface area contributed by atoms with Crippen molar-refractivity contribution < 1.29 is 43.0 Å². The van der Waals surface area contributed by atoms with E-state index in [4.69, 9.17) is 90.7 Å². The molecule has 0 atom stereocenters. The monoisotopic (exact) mass is 1010 g/mol. The number of ketones is 2. The summed E-state index contributed by atoms with van der Waals surface area (Å²) in [5.41, 5.74) is 2.00. The van der Waals surface area contributed by atoms with Gasteiger partial charge in [0, 0.05) is 46.7 Å². The number of anilines is 1. The molecule has 0 N–H and O–H groups in total. The van der Waals surface area contributed by atoms with Gasteiger partial charge in [-0.2, -0.15) is 0 Å². The average Bonchev–Trinajstić information content (AvgIpc) is 3.87. The Labute approximate surface area is 405 Å². The number of hydrogen-bond donors (Lipinski definition) is 0. The van der Waals surface area contributed by atoms with Crippen molar-refractivity contribution >= 4 is 139 Å². The molecule has 65 heavy (non-hydrogen) atoms. The first kappa shape index (κ1) is 48.9. The number of aromatic nitrogens is 1. The number of carbonyl (C=O) groups excluding carboxylic acids is 7. The molecular weight excluding hydrogens is 987 g/mol. The van der Waals surface area contributed by atoms with E-state index in [1.165, 1.54) is 29.2 Å². The van der Waals surface area contributed by atoms with Gasteiger partial charge in [0.15, 0.2) is 11.6 Å². The molecule has 5 aromatic rings. The molecule has 4 amide bonds. The fourth-order valence-corrected chi connectivity index (χ4v) is 8.46. The second kappa shape index (κ2) is 21.2. The number of ether oxygens (including phenoxy) is 2. The second-order valence-electron chi connectivity index (χ2n) is 14.0. The summed E-state index contributed by atoms with van der Waals surface area (Å²) in [6.07, 6.45) is 5.35. The lowest BCUT2D eigenvalue weighted by molar-refractivity contribution is -0.139. The quantitative estimate of drug-likeness (QED) is 0.0251. The van der Waals surface area contributed by atoms with Crippen molar-refractivity contribution in [1.29, 1.82) is 0 Å². The van der Waals surface area contributed by atoms with E-state index in [1.807, 2.05) is 36.4 Å². The molecule has 4 aromatic carbocycles. The third-order valence-electron chi connectivity index (χ3n) is 9.51. The number of carbonyl (C=O) groups is 7. The van der Waals surface area contributed by atoms with E-state index in [-0.39, 0.29) is 77.7 Å². The van der Waals surface area contributed by atoms with E-state index in [0.29, 0.717) is 34.8 Å². The number of nitrogens with zero attached hydrogens (tertiary/aromatic N) is 3. The number of para-hydroxylation sites is 1. The van der Waals surface area contributed by atoms with Gasteiger partial charge in [-0.15, -0.1) is 0 Å². The van der Waals surface area contributed by atoms with E-state index in [0.717, 1.165) is 28.0 Å². The van der Waals surface area contributed by atoms with Crippen LogP contribution in [0.3, 0.4) is 0 Å². The summed E-state index contributed by atoms with van der Waals surface area (Å²) < 4.78 is 10.9. The van der Waals surface area contributed by atoms with Crippen LogP contribution < -0.4 is 9.64 Å². The summed E-state index contributed by atoms with van der Waals surface area (Å²) in [4.78, 5) is 89.9. The van der Waals surface area contributed by atoms with Gasteiger partial charge < -0.3 is 9.47 Å². The third kappa shape index (κ3) is 10.8. The first-order valence-corrected chi connectivity index (χ1v) is 21.6. The second-order valence-corrected chi connectivity index (χ2v) is 16.8. The van der Waals surface area contributed by atoms with E-state index in [1.54, 1.807) is 31.2 Å². The minimum Gasteiger partial charge on any atom is -0.491 e. The van der Waals surface area contributed by atoms with Crippen molar-refractivity contribution in [2.45, 2.75) is 25.8 Å².